The highest BCUT2D eigenvalue weighted by atomic mass is 16.5. The van der Waals surface area contributed by atoms with E-state index in [0.717, 1.165) is 28.8 Å². The number of hydrogen-bond donors (Lipinski definition) is 1. The van der Waals surface area contributed by atoms with Gasteiger partial charge in [-0.2, -0.15) is 0 Å². The smallest absolute Gasteiger partial charge is 0.192 e. The highest BCUT2D eigenvalue weighted by Crippen LogP contribution is 2.29. The van der Waals surface area contributed by atoms with Gasteiger partial charge in [0.1, 0.15) is 0 Å². The second-order valence-electron chi connectivity index (χ2n) is 3.38. The van der Waals surface area contributed by atoms with Crippen LogP contribution in [0.2, 0.25) is 0 Å². The van der Waals surface area contributed by atoms with Crippen LogP contribution in [-0.4, -0.2) is 18.6 Å². The molecule has 2 rings (SSSR count). The summed E-state index contributed by atoms with van der Waals surface area (Å²) in [5.74, 6) is 1.42. The number of aryl methyl sites for hydroxylation is 1. The predicted octanol–water partition coefficient (Wildman–Crippen LogP) is 1.65. The zero-order chi connectivity index (χ0) is 10.8. The van der Waals surface area contributed by atoms with Crippen molar-refractivity contribution in [3.8, 4) is 5.75 Å². The highest BCUT2D eigenvalue weighted by molar-refractivity contribution is 5.81. The summed E-state index contributed by atoms with van der Waals surface area (Å²) in [5, 5.41) is 0. The summed E-state index contributed by atoms with van der Waals surface area (Å²) in [5.41, 5.74) is 8.14. The summed E-state index contributed by atoms with van der Waals surface area (Å²) in [6.45, 7) is 2.42. The predicted molar refractivity (Wildman–Crippen MR) is 58.1 cm³/mol. The Morgan fingerprint density at radius 3 is 2.93 bits per heavy atom. The number of fused-ring (bicyclic) bond motifs is 1. The van der Waals surface area contributed by atoms with Crippen LogP contribution in [0, 0.1) is 6.92 Å². The van der Waals surface area contributed by atoms with Gasteiger partial charge in [-0.15, -0.1) is 0 Å². The normalized spacial score (nSPS) is 10.9. The summed E-state index contributed by atoms with van der Waals surface area (Å²) >= 11 is 0. The zero-order valence-electron chi connectivity index (χ0n) is 8.91. The number of hydrogen-bond acceptors (Lipinski definition) is 4. The molecule has 2 N–H and O–H groups in total. The molecular weight excluding hydrogens is 192 g/mol. The Labute approximate surface area is 88.0 Å². The fraction of sp³-hybridized carbons (Fsp3) is 0.364. The molecule has 0 aliphatic rings. The van der Waals surface area contributed by atoms with Crippen molar-refractivity contribution in [1.29, 1.82) is 0 Å². The van der Waals surface area contributed by atoms with Crippen LogP contribution < -0.4 is 10.5 Å². The molecule has 1 aromatic heterocycles. The van der Waals surface area contributed by atoms with Crippen LogP contribution in [-0.2, 0) is 6.42 Å². The van der Waals surface area contributed by atoms with E-state index in [-0.39, 0.29) is 0 Å². The fourth-order valence-corrected chi connectivity index (χ4v) is 1.70. The first-order valence-corrected chi connectivity index (χ1v) is 4.89. The van der Waals surface area contributed by atoms with Gasteiger partial charge in [0, 0.05) is 6.92 Å². The number of nitrogens with two attached hydrogens (primary N) is 1. The molecule has 0 fully saturated rings. The first-order chi connectivity index (χ1) is 7.26. The van der Waals surface area contributed by atoms with Gasteiger partial charge in [-0.05, 0) is 24.6 Å². The van der Waals surface area contributed by atoms with Gasteiger partial charge in [0.05, 0.1) is 7.11 Å². The maximum Gasteiger partial charge on any atom is 0.192 e. The van der Waals surface area contributed by atoms with Gasteiger partial charge >= 0.3 is 0 Å². The maximum atomic E-state index is 5.53. The quantitative estimate of drug-likeness (QED) is 0.829. The van der Waals surface area contributed by atoms with Crippen LogP contribution in [0.4, 0.5) is 0 Å². The van der Waals surface area contributed by atoms with Gasteiger partial charge in [-0.3, -0.25) is 0 Å². The molecule has 0 spiro atoms. The van der Waals surface area contributed by atoms with Crippen molar-refractivity contribution in [3.63, 3.8) is 0 Å². The fourth-order valence-electron chi connectivity index (χ4n) is 1.70. The van der Waals surface area contributed by atoms with Gasteiger partial charge < -0.3 is 14.9 Å². The number of aromatic nitrogens is 1. The molecule has 4 heteroatoms. The Morgan fingerprint density at radius 1 is 1.47 bits per heavy atom. The molecular formula is C11H14N2O2. The molecule has 1 heterocycles. The minimum atomic E-state index is 0.596. The topological polar surface area (TPSA) is 61.3 Å². The molecule has 0 aliphatic heterocycles. The van der Waals surface area contributed by atoms with E-state index >= 15 is 0 Å². The summed E-state index contributed by atoms with van der Waals surface area (Å²) < 4.78 is 10.8. The molecule has 0 amide bonds. The van der Waals surface area contributed by atoms with E-state index in [2.05, 4.69) is 4.98 Å². The van der Waals surface area contributed by atoms with E-state index in [1.807, 2.05) is 19.1 Å². The van der Waals surface area contributed by atoms with E-state index in [0.29, 0.717) is 12.4 Å². The van der Waals surface area contributed by atoms with Crippen LogP contribution in [0.25, 0.3) is 11.1 Å². The van der Waals surface area contributed by atoms with Crippen LogP contribution in [0.1, 0.15) is 11.5 Å². The van der Waals surface area contributed by atoms with Gasteiger partial charge in [0.15, 0.2) is 22.7 Å². The van der Waals surface area contributed by atoms with Gasteiger partial charge in [0.2, 0.25) is 0 Å². The molecule has 0 atom stereocenters. The summed E-state index contributed by atoms with van der Waals surface area (Å²) in [6.07, 6.45) is 0.783. The number of ether oxygens (including phenoxy) is 1. The summed E-state index contributed by atoms with van der Waals surface area (Å²) in [7, 11) is 1.64. The summed E-state index contributed by atoms with van der Waals surface area (Å²) in [6, 6.07) is 3.88. The third kappa shape index (κ3) is 1.68. The molecule has 0 radical (unpaired) electrons. The van der Waals surface area contributed by atoms with Crippen LogP contribution in [0.3, 0.4) is 0 Å². The van der Waals surface area contributed by atoms with Crippen molar-refractivity contribution in [3.05, 3.63) is 23.6 Å². The molecule has 15 heavy (non-hydrogen) atoms. The molecule has 0 aliphatic carbocycles. The monoisotopic (exact) mass is 206 g/mol. The van der Waals surface area contributed by atoms with E-state index < -0.39 is 0 Å². The molecule has 4 nitrogen and oxygen atoms in total. The molecule has 2 aromatic rings. The number of oxazole rings is 1. The van der Waals surface area contributed by atoms with Crippen LogP contribution in [0.5, 0.6) is 5.75 Å². The Morgan fingerprint density at radius 2 is 2.27 bits per heavy atom. The van der Waals surface area contributed by atoms with Gasteiger partial charge in [0.25, 0.3) is 0 Å². The van der Waals surface area contributed by atoms with E-state index in [4.69, 9.17) is 14.9 Å². The van der Waals surface area contributed by atoms with Crippen LogP contribution in [0.15, 0.2) is 16.5 Å². The molecule has 0 bridgehead atoms. The molecule has 0 saturated heterocycles. The second-order valence-corrected chi connectivity index (χ2v) is 3.38. The van der Waals surface area contributed by atoms with Gasteiger partial charge in [-0.25, -0.2) is 4.98 Å². The lowest BCUT2D eigenvalue weighted by Gasteiger charge is -2.06. The number of benzene rings is 1. The standard InChI is InChI=1S/C11H14N2O2/c1-7-13-10-9(15-7)4-3-8(5-6-12)11(10)14-2/h3-4H,5-6,12H2,1-2H3. The van der Waals surface area contributed by atoms with Crippen molar-refractivity contribution in [2.75, 3.05) is 13.7 Å². The first-order valence-electron chi connectivity index (χ1n) is 4.89. The van der Waals surface area contributed by atoms with E-state index in [9.17, 15) is 0 Å². The Hall–Kier alpha value is -1.55. The SMILES string of the molecule is COc1c(CCN)ccc2oc(C)nc12. The lowest BCUT2D eigenvalue weighted by molar-refractivity contribution is 0.414. The van der Waals surface area contributed by atoms with Crippen molar-refractivity contribution in [2.45, 2.75) is 13.3 Å². The number of rotatable bonds is 3. The highest BCUT2D eigenvalue weighted by Gasteiger charge is 2.12. The minimum Gasteiger partial charge on any atom is -0.494 e. The average molecular weight is 206 g/mol. The third-order valence-corrected chi connectivity index (χ3v) is 2.32. The first kappa shape index (κ1) is 9.98. The molecule has 80 valence electrons. The zero-order valence-corrected chi connectivity index (χ0v) is 8.91. The lowest BCUT2D eigenvalue weighted by Crippen LogP contribution is -2.04. The van der Waals surface area contributed by atoms with E-state index in [1.165, 1.54) is 0 Å². The van der Waals surface area contributed by atoms with Crippen molar-refractivity contribution in [2.24, 2.45) is 5.73 Å². The molecule has 1 aromatic carbocycles. The average Bonchev–Trinajstić information content (AvgIpc) is 2.58. The maximum absolute atomic E-state index is 5.53. The largest absolute Gasteiger partial charge is 0.494 e. The second kappa shape index (κ2) is 3.90. The Balaban J connectivity index is 2.63. The van der Waals surface area contributed by atoms with Crippen molar-refractivity contribution < 1.29 is 9.15 Å². The van der Waals surface area contributed by atoms with Gasteiger partial charge in [-0.1, -0.05) is 6.07 Å². The Kier molecular flexibility index (Phi) is 2.60. The third-order valence-electron chi connectivity index (χ3n) is 2.32. The molecule has 0 saturated carbocycles. The van der Waals surface area contributed by atoms with E-state index in [1.54, 1.807) is 7.11 Å². The number of methoxy groups -OCH3 is 1. The molecule has 0 unspecified atom stereocenters. The van der Waals surface area contributed by atoms with Crippen molar-refractivity contribution >= 4 is 11.1 Å². The number of nitrogens with zero attached hydrogens (tertiary/aromatic N) is 1. The minimum absolute atomic E-state index is 0.596. The summed E-state index contributed by atoms with van der Waals surface area (Å²) in [4.78, 5) is 4.29. The van der Waals surface area contributed by atoms with Crippen molar-refractivity contribution in [1.82, 2.24) is 4.98 Å². The Bertz CT molecular complexity index is 477. The lowest BCUT2D eigenvalue weighted by atomic mass is 10.1. The van der Waals surface area contributed by atoms with Crippen LogP contribution >= 0.6 is 0 Å².